The number of nitrogens with zero attached hydrogens (tertiary/aromatic N) is 4. The maximum atomic E-state index is 14.2. The van der Waals surface area contributed by atoms with Crippen molar-refractivity contribution in [3.63, 3.8) is 0 Å². The summed E-state index contributed by atoms with van der Waals surface area (Å²) in [5, 5.41) is 8.93. The minimum Gasteiger partial charge on any atom is -0.473 e. The van der Waals surface area contributed by atoms with Crippen molar-refractivity contribution in [1.82, 2.24) is 14.5 Å². The van der Waals surface area contributed by atoms with Gasteiger partial charge in [0, 0.05) is 43.0 Å². The average molecular weight is 566 g/mol. The van der Waals surface area contributed by atoms with E-state index in [0.717, 1.165) is 28.0 Å². The van der Waals surface area contributed by atoms with Crippen LogP contribution in [0.1, 0.15) is 32.9 Å². The van der Waals surface area contributed by atoms with Crippen LogP contribution in [0.15, 0.2) is 72.8 Å². The molecule has 5 aromatic rings. The Bertz CT molecular complexity index is 1810. The molecule has 0 saturated heterocycles. The first-order valence-electron chi connectivity index (χ1n) is 13.1. The van der Waals surface area contributed by atoms with E-state index in [-0.39, 0.29) is 12.2 Å². The van der Waals surface area contributed by atoms with Gasteiger partial charge in [0.2, 0.25) is 5.88 Å². The van der Waals surface area contributed by atoms with Gasteiger partial charge in [-0.2, -0.15) is 5.26 Å². The Morgan fingerprint density at radius 2 is 1.86 bits per heavy atom. The number of ether oxygens (including phenoxy) is 3. The fraction of sp³-hybridized carbons (Fsp3) is 0.188. The number of halogens is 1. The summed E-state index contributed by atoms with van der Waals surface area (Å²) in [6.07, 6.45) is 0.463. The largest absolute Gasteiger partial charge is 0.473 e. The Labute approximate surface area is 241 Å². The molecule has 0 spiro atoms. The molecule has 2 aromatic heterocycles. The summed E-state index contributed by atoms with van der Waals surface area (Å²) in [6, 6.07) is 22.5. The van der Waals surface area contributed by atoms with E-state index in [2.05, 4.69) is 4.98 Å². The van der Waals surface area contributed by atoms with Crippen LogP contribution in [-0.4, -0.2) is 41.3 Å². The number of rotatable bonds is 10. The summed E-state index contributed by atoms with van der Waals surface area (Å²) in [4.78, 5) is 21.5. The van der Waals surface area contributed by atoms with Crippen LogP contribution in [0.4, 0.5) is 10.1 Å². The average Bonchev–Trinajstić information content (AvgIpc) is 3.35. The predicted molar refractivity (Wildman–Crippen MR) is 155 cm³/mol. The minimum atomic E-state index is -0.506. The summed E-state index contributed by atoms with van der Waals surface area (Å²) < 4.78 is 32.2. The van der Waals surface area contributed by atoms with Crippen molar-refractivity contribution < 1.29 is 23.4 Å². The Kier molecular flexibility index (Phi) is 8.41. The lowest BCUT2D eigenvalue weighted by Gasteiger charge is -2.12. The van der Waals surface area contributed by atoms with Crippen molar-refractivity contribution in [3.05, 3.63) is 107 Å². The Morgan fingerprint density at radius 3 is 2.60 bits per heavy atom. The van der Waals surface area contributed by atoms with Gasteiger partial charge < -0.3 is 24.5 Å². The number of esters is 1. The van der Waals surface area contributed by atoms with E-state index in [1.54, 1.807) is 43.5 Å². The first-order chi connectivity index (χ1) is 20.4. The van der Waals surface area contributed by atoms with Crippen LogP contribution in [0.25, 0.3) is 22.3 Å². The molecular formula is C32H28FN5O4. The molecule has 0 aliphatic carbocycles. The number of fused-ring (bicyclic) bond motifs is 1. The number of nitrogen functional groups attached to an aromatic ring is 1. The molecule has 2 N–H and O–H groups in total. The molecule has 0 aliphatic heterocycles. The van der Waals surface area contributed by atoms with Gasteiger partial charge >= 0.3 is 5.97 Å². The van der Waals surface area contributed by atoms with Gasteiger partial charge in [-0.15, -0.1) is 0 Å². The van der Waals surface area contributed by atoms with Crippen LogP contribution in [0.5, 0.6) is 5.88 Å². The summed E-state index contributed by atoms with van der Waals surface area (Å²) >= 11 is 0. The van der Waals surface area contributed by atoms with Gasteiger partial charge in [-0.1, -0.05) is 24.3 Å². The van der Waals surface area contributed by atoms with Crippen molar-refractivity contribution in [3.8, 4) is 23.2 Å². The number of nitriles is 1. The molecule has 42 heavy (non-hydrogen) atoms. The highest BCUT2D eigenvalue weighted by atomic mass is 19.1. The summed E-state index contributed by atoms with van der Waals surface area (Å²) in [7, 11) is 2.98. The number of pyridine rings is 1. The zero-order valence-electron chi connectivity index (χ0n) is 23.1. The lowest BCUT2D eigenvalue weighted by molar-refractivity contribution is 0.0601. The molecule has 0 bridgehead atoms. The monoisotopic (exact) mass is 565 g/mol. The van der Waals surface area contributed by atoms with E-state index in [0.29, 0.717) is 48.0 Å². The number of methoxy groups -OCH3 is 2. The van der Waals surface area contributed by atoms with Crippen LogP contribution >= 0.6 is 0 Å². The maximum absolute atomic E-state index is 14.2. The molecule has 3 aromatic carbocycles. The van der Waals surface area contributed by atoms with E-state index in [4.69, 9.17) is 30.2 Å². The van der Waals surface area contributed by atoms with Crippen molar-refractivity contribution in [2.45, 2.75) is 19.6 Å². The number of imidazole rings is 1. The van der Waals surface area contributed by atoms with E-state index in [9.17, 15) is 9.18 Å². The highest BCUT2D eigenvalue weighted by Crippen LogP contribution is 2.27. The molecule has 0 unspecified atom stereocenters. The number of carbonyl (C=O) groups excluding carboxylic acids is 1. The molecule has 2 heterocycles. The van der Waals surface area contributed by atoms with Gasteiger partial charge in [0.1, 0.15) is 18.2 Å². The number of carbonyl (C=O) groups is 1. The number of hydrogen-bond acceptors (Lipinski definition) is 8. The minimum absolute atomic E-state index is 0.0275. The van der Waals surface area contributed by atoms with E-state index < -0.39 is 11.8 Å². The lowest BCUT2D eigenvalue weighted by Crippen LogP contribution is -2.10. The lowest BCUT2D eigenvalue weighted by atomic mass is 10.0. The van der Waals surface area contributed by atoms with E-state index in [1.807, 2.05) is 34.9 Å². The van der Waals surface area contributed by atoms with Gasteiger partial charge in [0.15, 0.2) is 0 Å². The molecule has 212 valence electrons. The van der Waals surface area contributed by atoms with Crippen molar-refractivity contribution in [2.24, 2.45) is 0 Å². The number of benzene rings is 3. The first kappa shape index (κ1) is 28.3. The second kappa shape index (κ2) is 12.5. The number of nitrogens with two attached hydrogens (primary N) is 1. The van der Waals surface area contributed by atoms with E-state index in [1.165, 1.54) is 19.2 Å². The molecule has 9 nitrogen and oxygen atoms in total. The van der Waals surface area contributed by atoms with E-state index >= 15 is 0 Å². The van der Waals surface area contributed by atoms with Crippen LogP contribution < -0.4 is 10.5 Å². The van der Waals surface area contributed by atoms with Crippen LogP contribution in [0, 0.1) is 17.1 Å². The Balaban J connectivity index is 1.37. The number of aromatic nitrogens is 3. The molecule has 0 amide bonds. The Hall–Kier alpha value is -5.27. The SMILES string of the molecule is COCCn1c(Cc2ccc(-c3cccc(OCc4ccc(C#N)cc4F)n3)cc2N)nc2ccc(C(=O)OC)cc21. The summed E-state index contributed by atoms with van der Waals surface area (Å²) in [5.74, 6) is 0.194. The molecule has 0 fully saturated rings. The van der Waals surface area contributed by atoms with Gasteiger partial charge in [-0.3, -0.25) is 0 Å². The molecule has 0 atom stereocenters. The maximum Gasteiger partial charge on any atom is 0.337 e. The normalized spacial score (nSPS) is 10.9. The summed E-state index contributed by atoms with van der Waals surface area (Å²) in [5.41, 5.74) is 12.0. The van der Waals surface area contributed by atoms with Crippen molar-refractivity contribution >= 4 is 22.7 Å². The van der Waals surface area contributed by atoms with Gasteiger partial charge in [-0.25, -0.2) is 19.2 Å². The van der Waals surface area contributed by atoms with Gasteiger partial charge in [0.05, 0.1) is 47.6 Å². The highest BCUT2D eigenvalue weighted by Gasteiger charge is 2.16. The zero-order chi connectivity index (χ0) is 29.6. The first-order valence-corrected chi connectivity index (χ1v) is 13.1. The van der Waals surface area contributed by atoms with Gasteiger partial charge in [-0.05, 0) is 48.0 Å². The number of anilines is 1. The fourth-order valence-corrected chi connectivity index (χ4v) is 4.61. The highest BCUT2D eigenvalue weighted by molar-refractivity contribution is 5.93. The third-order valence-corrected chi connectivity index (χ3v) is 6.84. The van der Waals surface area contributed by atoms with Crippen molar-refractivity contribution in [2.75, 3.05) is 26.6 Å². The third kappa shape index (κ3) is 6.06. The Morgan fingerprint density at radius 1 is 1.02 bits per heavy atom. The van der Waals surface area contributed by atoms with Crippen LogP contribution in [0.3, 0.4) is 0 Å². The molecule has 0 radical (unpaired) electrons. The number of hydrogen-bond donors (Lipinski definition) is 1. The quantitative estimate of drug-likeness (QED) is 0.179. The molecule has 0 aliphatic rings. The smallest absolute Gasteiger partial charge is 0.337 e. The van der Waals surface area contributed by atoms with Crippen LogP contribution in [-0.2, 0) is 29.0 Å². The predicted octanol–water partition coefficient (Wildman–Crippen LogP) is 5.29. The van der Waals surface area contributed by atoms with Crippen molar-refractivity contribution in [1.29, 1.82) is 5.26 Å². The molecule has 10 heteroatoms. The summed E-state index contributed by atoms with van der Waals surface area (Å²) in [6.45, 7) is 0.992. The fourth-order valence-electron chi connectivity index (χ4n) is 4.61. The third-order valence-electron chi connectivity index (χ3n) is 6.84. The topological polar surface area (TPSA) is 125 Å². The zero-order valence-corrected chi connectivity index (χ0v) is 23.1. The second-order valence-electron chi connectivity index (χ2n) is 9.53. The standard InChI is InChI=1S/C32H28FN5O4/c1-40-13-12-38-29-16-23(32(39)41-2)10-11-28(29)36-30(38)17-21-8-9-22(15-26(21)35)27-4-3-5-31(37-27)42-19-24-7-6-20(18-34)14-25(24)33/h3-11,14-16H,12-13,17,19,35H2,1-2H3. The molecular weight excluding hydrogens is 537 g/mol. The van der Waals surface area contributed by atoms with Crippen LogP contribution in [0.2, 0.25) is 0 Å². The molecule has 5 rings (SSSR count). The molecule has 0 saturated carbocycles. The second-order valence-corrected chi connectivity index (χ2v) is 9.53. The van der Waals surface area contributed by atoms with Gasteiger partial charge in [0.25, 0.3) is 0 Å².